The highest BCUT2D eigenvalue weighted by Crippen LogP contribution is 2.07. The van der Waals surface area contributed by atoms with Gasteiger partial charge in [-0.2, -0.15) is 0 Å². The molecular weight excluding hydrogens is 126 g/mol. The molecule has 0 radical (unpaired) electrons. The van der Waals surface area contributed by atoms with Gasteiger partial charge in [0.05, 0.1) is 6.04 Å². The summed E-state index contributed by atoms with van der Waals surface area (Å²) in [7, 11) is 0. The number of carbonyl (C=O) groups excluding carboxylic acids is 1. The lowest BCUT2D eigenvalue weighted by Gasteiger charge is -2.15. The lowest BCUT2D eigenvalue weighted by Crippen LogP contribution is -2.32. The van der Waals surface area contributed by atoms with Gasteiger partial charge in [-0.1, -0.05) is 19.3 Å². The van der Waals surface area contributed by atoms with Crippen LogP contribution < -0.4 is 5.32 Å². The summed E-state index contributed by atoms with van der Waals surface area (Å²) in [5.41, 5.74) is 0. The standard InChI is InChI=1S/C8H15NO/c10-7-8-5-3-1-2-4-6-9-8/h7-9H,1-6H2. The molecule has 2 heteroatoms. The first kappa shape index (κ1) is 7.73. The van der Waals surface area contributed by atoms with Gasteiger partial charge >= 0.3 is 0 Å². The van der Waals surface area contributed by atoms with Crippen molar-refractivity contribution in [3.63, 3.8) is 0 Å². The number of rotatable bonds is 1. The summed E-state index contributed by atoms with van der Waals surface area (Å²) in [4.78, 5) is 10.4. The average molecular weight is 141 g/mol. The minimum absolute atomic E-state index is 0.139. The number of hydrogen-bond donors (Lipinski definition) is 1. The third-order valence-corrected chi connectivity index (χ3v) is 2.01. The average Bonchev–Trinajstić information content (AvgIpc) is 1.87. The van der Waals surface area contributed by atoms with E-state index in [0.29, 0.717) is 0 Å². The Hall–Kier alpha value is -0.370. The zero-order valence-electron chi connectivity index (χ0n) is 6.31. The number of carbonyl (C=O) groups is 1. The van der Waals surface area contributed by atoms with Gasteiger partial charge in [0.2, 0.25) is 0 Å². The molecule has 2 nitrogen and oxygen atoms in total. The number of aldehydes is 1. The summed E-state index contributed by atoms with van der Waals surface area (Å²) in [6.07, 6.45) is 7.11. The Labute approximate surface area is 62.0 Å². The fraction of sp³-hybridized carbons (Fsp3) is 0.875. The monoisotopic (exact) mass is 141 g/mol. The second-order valence-corrected chi connectivity index (χ2v) is 2.90. The molecule has 0 aromatic rings. The van der Waals surface area contributed by atoms with Crippen LogP contribution in [0.25, 0.3) is 0 Å². The molecule has 0 saturated carbocycles. The molecule has 1 unspecified atom stereocenters. The lowest BCUT2D eigenvalue weighted by atomic mass is 10.1. The lowest BCUT2D eigenvalue weighted by molar-refractivity contribution is -0.109. The van der Waals surface area contributed by atoms with E-state index in [4.69, 9.17) is 0 Å². The summed E-state index contributed by atoms with van der Waals surface area (Å²) in [6.45, 7) is 1.02. The third kappa shape index (κ3) is 2.48. The quantitative estimate of drug-likeness (QED) is 0.554. The predicted molar refractivity (Wildman–Crippen MR) is 40.9 cm³/mol. The molecule has 1 fully saturated rings. The van der Waals surface area contributed by atoms with Gasteiger partial charge in [-0.3, -0.25) is 0 Å². The van der Waals surface area contributed by atoms with Crippen LogP contribution in [0.1, 0.15) is 32.1 Å². The van der Waals surface area contributed by atoms with E-state index < -0.39 is 0 Å². The van der Waals surface area contributed by atoms with Crippen molar-refractivity contribution in [1.82, 2.24) is 5.32 Å². The van der Waals surface area contributed by atoms with Crippen LogP contribution in [-0.2, 0) is 4.79 Å². The van der Waals surface area contributed by atoms with Crippen LogP contribution >= 0.6 is 0 Å². The summed E-state index contributed by atoms with van der Waals surface area (Å²) in [5.74, 6) is 0. The van der Waals surface area contributed by atoms with Crippen molar-refractivity contribution < 1.29 is 4.79 Å². The zero-order valence-corrected chi connectivity index (χ0v) is 6.31. The molecule has 0 aliphatic carbocycles. The summed E-state index contributed by atoms with van der Waals surface area (Å²) >= 11 is 0. The van der Waals surface area contributed by atoms with Crippen LogP contribution in [0.5, 0.6) is 0 Å². The molecule has 0 aromatic heterocycles. The van der Waals surface area contributed by atoms with E-state index >= 15 is 0 Å². The normalized spacial score (nSPS) is 28.6. The van der Waals surface area contributed by atoms with Gasteiger partial charge in [0.15, 0.2) is 0 Å². The number of nitrogens with one attached hydrogen (secondary N) is 1. The van der Waals surface area contributed by atoms with Gasteiger partial charge in [-0.25, -0.2) is 0 Å². The molecule has 1 atom stereocenters. The molecule has 58 valence electrons. The molecule has 1 N–H and O–H groups in total. The van der Waals surface area contributed by atoms with Crippen molar-refractivity contribution in [2.24, 2.45) is 0 Å². The minimum atomic E-state index is 0.139. The molecule has 0 bridgehead atoms. The van der Waals surface area contributed by atoms with Gasteiger partial charge < -0.3 is 10.1 Å². The van der Waals surface area contributed by atoms with Crippen LogP contribution in [0.2, 0.25) is 0 Å². The molecule has 1 rings (SSSR count). The Morgan fingerprint density at radius 3 is 2.80 bits per heavy atom. The Balaban J connectivity index is 2.22. The molecule has 10 heavy (non-hydrogen) atoms. The van der Waals surface area contributed by atoms with Crippen molar-refractivity contribution in [1.29, 1.82) is 0 Å². The van der Waals surface area contributed by atoms with Gasteiger partial charge in [0.1, 0.15) is 6.29 Å². The molecule has 0 amide bonds. The second-order valence-electron chi connectivity index (χ2n) is 2.90. The molecule has 1 heterocycles. The van der Waals surface area contributed by atoms with Crippen LogP contribution in [0.3, 0.4) is 0 Å². The number of hydrogen-bond acceptors (Lipinski definition) is 2. The Kier molecular flexibility index (Phi) is 3.44. The van der Waals surface area contributed by atoms with E-state index in [2.05, 4.69) is 5.32 Å². The van der Waals surface area contributed by atoms with E-state index in [1.807, 2.05) is 0 Å². The van der Waals surface area contributed by atoms with Crippen LogP contribution in [0.4, 0.5) is 0 Å². The topological polar surface area (TPSA) is 29.1 Å². The molecule has 1 aliphatic rings. The van der Waals surface area contributed by atoms with E-state index in [-0.39, 0.29) is 6.04 Å². The van der Waals surface area contributed by atoms with Gasteiger partial charge in [0.25, 0.3) is 0 Å². The summed E-state index contributed by atoms with van der Waals surface area (Å²) in [5, 5.41) is 3.20. The van der Waals surface area contributed by atoms with Crippen LogP contribution in [-0.4, -0.2) is 18.9 Å². The smallest absolute Gasteiger partial charge is 0.136 e. The van der Waals surface area contributed by atoms with Crippen LogP contribution in [0.15, 0.2) is 0 Å². The Morgan fingerprint density at radius 1 is 1.20 bits per heavy atom. The maximum absolute atomic E-state index is 10.4. The van der Waals surface area contributed by atoms with Crippen molar-refractivity contribution in [2.45, 2.75) is 38.1 Å². The fourth-order valence-corrected chi connectivity index (χ4v) is 1.35. The van der Waals surface area contributed by atoms with E-state index in [1.54, 1.807) is 0 Å². The SMILES string of the molecule is O=CC1CCCCCCN1. The highest BCUT2D eigenvalue weighted by Gasteiger charge is 2.07. The fourth-order valence-electron chi connectivity index (χ4n) is 1.35. The molecule has 1 saturated heterocycles. The third-order valence-electron chi connectivity index (χ3n) is 2.01. The first-order chi connectivity index (χ1) is 4.93. The molecule has 0 spiro atoms. The maximum atomic E-state index is 10.4. The zero-order chi connectivity index (χ0) is 7.23. The van der Waals surface area contributed by atoms with E-state index in [0.717, 1.165) is 19.3 Å². The molecule has 0 aromatic carbocycles. The van der Waals surface area contributed by atoms with Gasteiger partial charge in [-0.05, 0) is 19.4 Å². The van der Waals surface area contributed by atoms with Crippen LogP contribution in [0, 0.1) is 0 Å². The molecular formula is C8H15NO. The summed E-state index contributed by atoms with van der Waals surface area (Å²) in [6, 6.07) is 0.139. The van der Waals surface area contributed by atoms with Gasteiger partial charge in [0, 0.05) is 0 Å². The largest absolute Gasteiger partial charge is 0.308 e. The second kappa shape index (κ2) is 4.45. The minimum Gasteiger partial charge on any atom is -0.308 e. The van der Waals surface area contributed by atoms with Crippen molar-refractivity contribution in [3.8, 4) is 0 Å². The molecule has 1 aliphatic heterocycles. The van der Waals surface area contributed by atoms with E-state index in [1.165, 1.54) is 25.7 Å². The van der Waals surface area contributed by atoms with E-state index in [9.17, 15) is 4.79 Å². The Bertz CT molecular complexity index is 95.4. The highest BCUT2D eigenvalue weighted by molar-refractivity contribution is 5.57. The first-order valence-electron chi connectivity index (χ1n) is 4.12. The van der Waals surface area contributed by atoms with Crippen molar-refractivity contribution >= 4 is 6.29 Å². The Morgan fingerprint density at radius 2 is 2.00 bits per heavy atom. The predicted octanol–water partition coefficient (Wildman–Crippen LogP) is 1.11. The maximum Gasteiger partial charge on any atom is 0.136 e. The summed E-state index contributed by atoms with van der Waals surface area (Å²) < 4.78 is 0. The highest BCUT2D eigenvalue weighted by atomic mass is 16.1. The first-order valence-corrected chi connectivity index (χ1v) is 4.12. The van der Waals surface area contributed by atoms with Gasteiger partial charge in [-0.15, -0.1) is 0 Å². The van der Waals surface area contributed by atoms with Crippen molar-refractivity contribution in [2.75, 3.05) is 6.54 Å². The van der Waals surface area contributed by atoms with Crippen molar-refractivity contribution in [3.05, 3.63) is 0 Å².